The molecule has 0 spiro atoms. The van der Waals surface area contributed by atoms with E-state index in [1.807, 2.05) is 6.08 Å². The predicted octanol–water partition coefficient (Wildman–Crippen LogP) is -1.82. The maximum atomic E-state index is 11.0. The second kappa shape index (κ2) is 3.27. The van der Waals surface area contributed by atoms with Gasteiger partial charge in [0.2, 0.25) is 5.91 Å². The average Bonchev–Trinajstić information content (AvgIpc) is 2.59. The normalized spacial score (nSPS) is 18.5. The fourth-order valence-corrected chi connectivity index (χ4v) is 1.65. The second-order valence-corrected chi connectivity index (χ2v) is 3.53. The quantitative estimate of drug-likeness (QED) is 0.529. The number of hydrogen-bond donors (Lipinski definition) is 3. The van der Waals surface area contributed by atoms with E-state index in [4.69, 9.17) is 11.5 Å². The van der Waals surface area contributed by atoms with E-state index in [9.17, 15) is 9.59 Å². The molecular weight excluding hydrogens is 194 g/mol. The van der Waals surface area contributed by atoms with Crippen molar-refractivity contribution in [3.05, 3.63) is 22.3 Å². The van der Waals surface area contributed by atoms with Crippen molar-refractivity contribution >= 4 is 24.0 Å². The molecule has 1 aromatic heterocycles. The van der Waals surface area contributed by atoms with Crippen molar-refractivity contribution in [2.24, 2.45) is 17.4 Å². The van der Waals surface area contributed by atoms with E-state index in [0.29, 0.717) is 12.1 Å². The molecule has 1 atom stereocenters. The first-order valence-electron chi connectivity index (χ1n) is 4.58. The summed E-state index contributed by atoms with van der Waals surface area (Å²) in [5, 5.41) is 1.63. The van der Waals surface area contributed by atoms with Crippen LogP contribution < -0.4 is 22.0 Å². The lowest BCUT2D eigenvalue weighted by molar-refractivity contribution is -0.119. The van der Waals surface area contributed by atoms with Gasteiger partial charge in [0.25, 0.3) is 5.91 Å². The van der Waals surface area contributed by atoms with Crippen LogP contribution in [0, 0.1) is 5.92 Å². The van der Waals surface area contributed by atoms with Crippen molar-refractivity contribution in [3.8, 4) is 0 Å². The Morgan fingerprint density at radius 1 is 1.40 bits per heavy atom. The summed E-state index contributed by atoms with van der Waals surface area (Å²) in [6, 6.07) is 1.67. The molecule has 0 fully saturated rings. The summed E-state index contributed by atoms with van der Waals surface area (Å²) in [4.78, 5) is 24.7. The summed E-state index contributed by atoms with van der Waals surface area (Å²) in [6.07, 6.45) is 4.16. The molecule has 2 amide bonds. The predicted molar refractivity (Wildman–Crippen MR) is 54.8 cm³/mol. The molecule has 1 aliphatic rings. The number of aromatic nitrogens is 1. The van der Waals surface area contributed by atoms with Gasteiger partial charge in [-0.2, -0.15) is 0 Å². The highest BCUT2D eigenvalue weighted by Crippen LogP contribution is 2.07. The molecular formula is C10H11N3O2. The number of nitrogens with one attached hydrogen (secondary N) is 1. The number of carbonyl (C=O) groups excluding carboxylic acids is 2. The third kappa shape index (κ3) is 1.63. The Kier molecular flexibility index (Phi) is 2.07. The molecule has 0 bridgehead atoms. The van der Waals surface area contributed by atoms with Crippen molar-refractivity contribution in [2.45, 2.75) is 6.42 Å². The van der Waals surface area contributed by atoms with Crippen LogP contribution in [0.2, 0.25) is 0 Å². The monoisotopic (exact) mass is 205 g/mol. The van der Waals surface area contributed by atoms with Gasteiger partial charge >= 0.3 is 0 Å². The average molecular weight is 205 g/mol. The van der Waals surface area contributed by atoms with Gasteiger partial charge in [-0.3, -0.25) is 9.59 Å². The van der Waals surface area contributed by atoms with Crippen LogP contribution in [0.4, 0.5) is 0 Å². The zero-order chi connectivity index (χ0) is 11.0. The third-order valence-electron chi connectivity index (χ3n) is 2.47. The van der Waals surface area contributed by atoms with Crippen LogP contribution in [0.15, 0.2) is 6.07 Å². The number of hydrogen-bond acceptors (Lipinski definition) is 2. The van der Waals surface area contributed by atoms with Gasteiger partial charge in [-0.05, 0) is 23.8 Å². The molecule has 0 aliphatic heterocycles. The lowest BCUT2D eigenvalue weighted by Crippen LogP contribution is -2.32. The molecule has 5 N–H and O–H groups in total. The number of carbonyl (C=O) groups is 2. The van der Waals surface area contributed by atoms with Gasteiger partial charge in [0.15, 0.2) is 0 Å². The highest BCUT2D eigenvalue weighted by Gasteiger charge is 2.14. The smallest absolute Gasteiger partial charge is 0.265 e. The molecule has 0 saturated carbocycles. The molecule has 1 heterocycles. The van der Waals surface area contributed by atoms with Gasteiger partial charge in [0.05, 0.1) is 5.92 Å². The first-order chi connectivity index (χ1) is 7.08. The molecule has 15 heavy (non-hydrogen) atoms. The second-order valence-electron chi connectivity index (χ2n) is 3.53. The van der Waals surface area contributed by atoms with Crippen molar-refractivity contribution < 1.29 is 9.59 Å². The minimum Gasteiger partial charge on any atom is -0.369 e. The Hall–Kier alpha value is -2.04. The summed E-state index contributed by atoms with van der Waals surface area (Å²) in [5.41, 5.74) is 10.7. The van der Waals surface area contributed by atoms with Crippen LogP contribution in [0.1, 0.15) is 16.9 Å². The van der Waals surface area contributed by atoms with Crippen LogP contribution in [-0.2, 0) is 4.79 Å². The number of H-pyrrole nitrogens is 1. The van der Waals surface area contributed by atoms with E-state index >= 15 is 0 Å². The topological polar surface area (TPSA) is 102 Å². The molecule has 0 radical (unpaired) electrons. The molecule has 0 aromatic carbocycles. The lowest BCUT2D eigenvalue weighted by Gasteiger charge is -2.06. The van der Waals surface area contributed by atoms with Crippen molar-refractivity contribution in [1.29, 1.82) is 0 Å². The first-order valence-corrected chi connectivity index (χ1v) is 4.58. The van der Waals surface area contributed by atoms with Crippen LogP contribution in [0.25, 0.3) is 12.2 Å². The van der Waals surface area contributed by atoms with Crippen LogP contribution in [0.5, 0.6) is 0 Å². The lowest BCUT2D eigenvalue weighted by atomic mass is 10.00. The van der Waals surface area contributed by atoms with Gasteiger partial charge in [-0.1, -0.05) is 6.08 Å². The molecule has 1 aromatic rings. The molecule has 78 valence electrons. The SMILES string of the molecule is NC(=O)c1cc2c([nH]1)=CC(C(N)=O)CC=2. The van der Waals surface area contributed by atoms with Crippen molar-refractivity contribution in [2.75, 3.05) is 0 Å². The molecule has 1 unspecified atom stereocenters. The minimum atomic E-state index is -0.512. The Labute approximate surface area is 85.4 Å². The summed E-state index contributed by atoms with van der Waals surface area (Å²) < 4.78 is 0. The fourth-order valence-electron chi connectivity index (χ4n) is 1.65. The Morgan fingerprint density at radius 3 is 2.73 bits per heavy atom. The maximum absolute atomic E-state index is 11.0. The zero-order valence-electron chi connectivity index (χ0n) is 7.99. The van der Waals surface area contributed by atoms with Gasteiger partial charge < -0.3 is 16.5 Å². The molecule has 0 saturated heterocycles. The van der Waals surface area contributed by atoms with Crippen molar-refractivity contribution in [1.82, 2.24) is 4.98 Å². The highest BCUT2D eigenvalue weighted by molar-refractivity contribution is 5.91. The van der Waals surface area contributed by atoms with E-state index < -0.39 is 5.91 Å². The Balaban J connectivity index is 2.53. The standard InChI is InChI=1S/C10H11N3O2/c11-9(14)6-2-1-5-3-8(10(12)15)13-7(5)4-6/h1,3-4,6,13H,2H2,(H2,11,14)(H2,12,15). The largest absolute Gasteiger partial charge is 0.369 e. The molecule has 1 aliphatic carbocycles. The third-order valence-corrected chi connectivity index (χ3v) is 2.47. The van der Waals surface area contributed by atoms with Gasteiger partial charge in [-0.25, -0.2) is 0 Å². The number of rotatable bonds is 2. The molecule has 5 heteroatoms. The van der Waals surface area contributed by atoms with Crippen LogP contribution in [0.3, 0.4) is 0 Å². The van der Waals surface area contributed by atoms with Crippen LogP contribution in [-0.4, -0.2) is 16.8 Å². The number of nitrogens with two attached hydrogens (primary N) is 2. The maximum Gasteiger partial charge on any atom is 0.265 e. The van der Waals surface area contributed by atoms with E-state index in [-0.39, 0.29) is 11.8 Å². The number of primary amides is 2. The minimum absolute atomic E-state index is 0.308. The first kappa shape index (κ1) is 9.51. The van der Waals surface area contributed by atoms with Crippen LogP contribution >= 0.6 is 0 Å². The summed E-state index contributed by atoms with van der Waals surface area (Å²) >= 11 is 0. The number of fused-ring (bicyclic) bond motifs is 1. The van der Waals surface area contributed by atoms with Gasteiger partial charge in [-0.15, -0.1) is 0 Å². The highest BCUT2D eigenvalue weighted by atomic mass is 16.1. The zero-order valence-corrected chi connectivity index (χ0v) is 7.99. The molecule has 5 nitrogen and oxygen atoms in total. The van der Waals surface area contributed by atoms with Gasteiger partial charge in [0.1, 0.15) is 5.69 Å². The summed E-state index contributed by atoms with van der Waals surface area (Å²) in [5.74, 6) is -1.19. The number of amides is 2. The van der Waals surface area contributed by atoms with E-state index in [1.165, 1.54) is 0 Å². The van der Waals surface area contributed by atoms with E-state index in [2.05, 4.69) is 4.98 Å². The Bertz CT molecular complexity index is 542. The summed E-state index contributed by atoms with van der Waals surface area (Å²) in [6.45, 7) is 0. The van der Waals surface area contributed by atoms with Gasteiger partial charge in [0, 0.05) is 5.35 Å². The van der Waals surface area contributed by atoms with Crippen molar-refractivity contribution in [3.63, 3.8) is 0 Å². The Morgan fingerprint density at radius 2 is 2.13 bits per heavy atom. The van der Waals surface area contributed by atoms with E-state index in [0.717, 1.165) is 10.6 Å². The fraction of sp³-hybridized carbons (Fsp3) is 0.200. The molecule has 2 rings (SSSR count). The van der Waals surface area contributed by atoms with E-state index in [1.54, 1.807) is 12.1 Å². The number of aromatic amines is 1. The summed E-state index contributed by atoms with van der Waals surface area (Å²) in [7, 11) is 0.